The van der Waals surface area contributed by atoms with Gasteiger partial charge in [-0.2, -0.15) is 5.10 Å². The number of nitrogens with zero attached hydrogens (tertiary/aromatic N) is 5. The smallest absolute Gasteiger partial charge is 0.329 e. The second kappa shape index (κ2) is 8.26. The third kappa shape index (κ3) is 4.13. The zero-order valence-corrected chi connectivity index (χ0v) is 16.8. The molecule has 4 rings (SSSR count). The summed E-state index contributed by atoms with van der Waals surface area (Å²) in [6.45, 7) is 3.27. The van der Waals surface area contributed by atoms with Gasteiger partial charge in [0.25, 0.3) is 0 Å². The standard InChI is InChI=1S/C18H22N6O4.ClH/c1-21-14-10-12(23-8-6-22(7-9-23)11-16(26)27)2-3-13(14)17(20-21)24-5-4-15(25)19-18(24)28;/h2-3,10H,4-9,11H2,1H3,(H,26,27)(H,19,25,28);1H. The van der Waals surface area contributed by atoms with E-state index in [0.29, 0.717) is 25.5 Å². The maximum atomic E-state index is 12.2. The highest BCUT2D eigenvalue weighted by atomic mass is 35.5. The van der Waals surface area contributed by atoms with Crippen molar-refractivity contribution >= 4 is 52.7 Å². The van der Waals surface area contributed by atoms with Gasteiger partial charge >= 0.3 is 12.0 Å². The number of aryl methyl sites for hydroxylation is 1. The van der Waals surface area contributed by atoms with Crippen molar-refractivity contribution in [3.8, 4) is 0 Å². The van der Waals surface area contributed by atoms with Gasteiger partial charge in [0.05, 0.1) is 12.1 Å². The lowest BCUT2D eigenvalue weighted by molar-refractivity contribution is -0.138. The maximum absolute atomic E-state index is 12.2. The van der Waals surface area contributed by atoms with E-state index in [-0.39, 0.29) is 31.3 Å². The Balaban J connectivity index is 0.00000240. The van der Waals surface area contributed by atoms with Crippen LogP contribution in [0, 0.1) is 0 Å². The van der Waals surface area contributed by atoms with Crippen LogP contribution in [0.3, 0.4) is 0 Å². The number of rotatable bonds is 4. The molecule has 0 unspecified atom stereocenters. The summed E-state index contributed by atoms with van der Waals surface area (Å²) in [6, 6.07) is 5.52. The Hall–Kier alpha value is -2.85. The second-order valence-corrected chi connectivity index (χ2v) is 7.06. The molecule has 29 heavy (non-hydrogen) atoms. The molecule has 2 fully saturated rings. The third-order valence-corrected chi connectivity index (χ3v) is 5.22. The predicted octanol–water partition coefficient (Wildman–Crippen LogP) is 0.648. The number of aliphatic carboxylic acids is 1. The van der Waals surface area contributed by atoms with Gasteiger partial charge < -0.3 is 10.0 Å². The highest BCUT2D eigenvalue weighted by Gasteiger charge is 2.28. The molecule has 2 aromatic rings. The van der Waals surface area contributed by atoms with Crippen LogP contribution < -0.4 is 15.1 Å². The molecule has 1 aromatic carbocycles. The fourth-order valence-corrected chi connectivity index (χ4v) is 3.74. The minimum atomic E-state index is -0.805. The van der Waals surface area contributed by atoms with Crippen molar-refractivity contribution in [3.05, 3.63) is 18.2 Å². The number of amides is 3. The largest absolute Gasteiger partial charge is 0.480 e. The summed E-state index contributed by atoms with van der Waals surface area (Å²) in [5, 5.41) is 16.6. The first-order chi connectivity index (χ1) is 13.4. The molecule has 2 N–H and O–H groups in total. The lowest BCUT2D eigenvalue weighted by Crippen LogP contribution is -2.49. The summed E-state index contributed by atoms with van der Waals surface area (Å²) in [4.78, 5) is 40.1. The first-order valence-electron chi connectivity index (χ1n) is 9.19. The number of benzene rings is 1. The van der Waals surface area contributed by atoms with Gasteiger partial charge in [0.2, 0.25) is 5.91 Å². The summed E-state index contributed by atoms with van der Waals surface area (Å²) in [7, 11) is 1.83. The number of carboxylic acids is 1. The van der Waals surface area contributed by atoms with Crippen LogP contribution in [0.1, 0.15) is 6.42 Å². The topological polar surface area (TPSA) is 111 Å². The van der Waals surface area contributed by atoms with E-state index < -0.39 is 12.0 Å². The van der Waals surface area contributed by atoms with E-state index in [4.69, 9.17) is 5.11 Å². The van der Waals surface area contributed by atoms with Crippen molar-refractivity contribution in [2.24, 2.45) is 7.05 Å². The van der Waals surface area contributed by atoms with Crippen LogP contribution in [0.4, 0.5) is 16.3 Å². The number of urea groups is 1. The van der Waals surface area contributed by atoms with Gasteiger partial charge in [0.15, 0.2) is 5.82 Å². The monoisotopic (exact) mass is 422 g/mol. The first-order valence-corrected chi connectivity index (χ1v) is 9.19. The zero-order chi connectivity index (χ0) is 19.8. The molecular formula is C18H23ClN6O4. The van der Waals surface area contributed by atoms with Crippen LogP contribution in [-0.4, -0.2) is 77.0 Å². The molecule has 2 aliphatic heterocycles. The number of carbonyl (C=O) groups is 3. The SMILES string of the molecule is Cl.Cn1nc(N2CCC(=O)NC2=O)c2ccc(N3CCN(CC(=O)O)CC3)cc21. The van der Waals surface area contributed by atoms with Gasteiger partial charge in [0.1, 0.15) is 0 Å². The molecule has 3 heterocycles. The van der Waals surface area contributed by atoms with Gasteiger partial charge in [0, 0.05) is 57.3 Å². The highest BCUT2D eigenvalue weighted by Crippen LogP contribution is 2.30. The number of piperazine rings is 1. The van der Waals surface area contributed by atoms with E-state index in [0.717, 1.165) is 29.7 Å². The lowest BCUT2D eigenvalue weighted by Gasteiger charge is -2.35. The molecular weight excluding hydrogens is 400 g/mol. The zero-order valence-electron chi connectivity index (χ0n) is 16.0. The van der Waals surface area contributed by atoms with Crippen molar-refractivity contribution < 1.29 is 19.5 Å². The highest BCUT2D eigenvalue weighted by molar-refractivity contribution is 6.09. The van der Waals surface area contributed by atoms with Crippen LogP contribution in [-0.2, 0) is 16.6 Å². The van der Waals surface area contributed by atoms with Gasteiger partial charge in [-0.15, -0.1) is 12.4 Å². The normalized spacial score (nSPS) is 18.0. The van der Waals surface area contributed by atoms with Crippen molar-refractivity contribution in [1.29, 1.82) is 0 Å². The average Bonchev–Trinajstić information content (AvgIpc) is 2.98. The average molecular weight is 423 g/mol. The molecule has 1 aromatic heterocycles. The second-order valence-electron chi connectivity index (χ2n) is 7.06. The summed E-state index contributed by atoms with van der Waals surface area (Å²) in [5.74, 6) is -0.535. The van der Waals surface area contributed by atoms with Crippen LogP contribution in [0.15, 0.2) is 18.2 Å². The molecule has 0 atom stereocenters. The molecule has 2 saturated heterocycles. The Morgan fingerprint density at radius 2 is 1.90 bits per heavy atom. The summed E-state index contributed by atoms with van der Waals surface area (Å²) >= 11 is 0. The summed E-state index contributed by atoms with van der Waals surface area (Å²) in [6.07, 6.45) is 0.252. The van der Waals surface area contributed by atoms with Crippen molar-refractivity contribution in [1.82, 2.24) is 20.0 Å². The van der Waals surface area contributed by atoms with Gasteiger partial charge in [-0.1, -0.05) is 0 Å². The molecule has 3 amide bonds. The number of fused-ring (bicyclic) bond motifs is 1. The number of anilines is 2. The Morgan fingerprint density at radius 3 is 2.55 bits per heavy atom. The van der Waals surface area contributed by atoms with Crippen LogP contribution in [0.5, 0.6) is 0 Å². The van der Waals surface area contributed by atoms with Crippen LogP contribution >= 0.6 is 12.4 Å². The number of imide groups is 1. The Kier molecular flexibility index (Phi) is 5.94. The first kappa shape index (κ1) is 20.9. The molecule has 0 bridgehead atoms. The van der Waals surface area contributed by atoms with E-state index in [1.54, 1.807) is 4.68 Å². The number of carbonyl (C=O) groups excluding carboxylic acids is 2. The molecule has 11 heteroatoms. The Morgan fingerprint density at radius 1 is 1.17 bits per heavy atom. The van der Waals surface area contributed by atoms with E-state index in [1.807, 2.05) is 30.1 Å². The summed E-state index contributed by atoms with van der Waals surface area (Å²) < 4.78 is 1.73. The number of hydrogen-bond donors (Lipinski definition) is 2. The van der Waals surface area contributed by atoms with E-state index in [2.05, 4.69) is 15.3 Å². The van der Waals surface area contributed by atoms with Gasteiger partial charge in [-0.05, 0) is 18.2 Å². The summed E-state index contributed by atoms with van der Waals surface area (Å²) in [5.41, 5.74) is 1.93. The van der Waals surface area contributed by atoms with Crippen molar-refractivity contribution in [2.75, 3.05) is 49.1 Å². The predicted molar refractivity (Wildman–Crippen MR) is 110 cm³/mol. The van der Waals surface area contributed by atoms with E-state index >= 15 is 0 Å². The van der Waals surface area contributed by atoms with Crippen LogP contribution in [0.25, 0.3) is 10.9 Å². The van der Waals surface area contributed by atoms with Crippen LogP contribution in [0.2, 0.25) is 0 Å². The Labute approximate surface area is 173 Å². The molecule has 2 aliphatic rings. The number of hydrogen-bond acceptors (Lipinski definition) is 6. The number of nitrogens with one attached hydrogen (secondary N) is 1. The molecule has 0 radical (unpaired) electrons. The number of halogens is 1. The van der Waals surface area contributed by atoms with Gasteiger partial charge in [-0.25, -0.2) is 4.79 Å². The van der Waals surface area contributed by atoms with Gasteiger partial charge in [-0.3, -0.25) is 29.4 Å². The minimum absolute atomic E-state index is 0. The fourth-order valence-electron chi connectivity index (χ4n) is 3.74. The van der Waals surface area contributed by atoms with E-state index in [9.17, 15) is 14.4 Å². The molecule has 10 nitrogen and oxygen atoms in total. The molecule has 0 aliphatic carbocycles. The maximum Gasteiger partial charge on any atom is 0.329 e. The third-order valence-electron chi connectivity index (χ3n) is 5.22. The molecule has 0 spiro atoms. The molecule has 0 saturated carbocycles. The quantitative estimate of drug-likeness (QED) is 0.744. The fraction of sp³-hybridized carbons (Fsp3) is 0.444. The Bertz CT molecular complexity index is 953. The number of aromatic nitrogens is 2. The van der Waals surface area contributed by atoms with Crippen molar-refractivity contribution in [2.45, 2.75) is 6.42 Å². The van der Waals surface area contributed by atoms with E-state index in [1.165, 1.54) is 4.90 Å². The number of carboxylic acid groups (broad SMARTS) is 1. The molecule has 156 valence electrons. The minimum Gasteiger partial charge on any atom is -0.480 e. The van der Waals surface area contributed by atoms with Crippen molar-refractivity contribution in [3.63, 3.8) is 0 Å². The lowest BCUT2D eigenvalue weighted by atomic mass is 10.1.